The monoisotopic (exact) mass is 195 g/mol. The maximum atomic E-state index is 13.0. The van der Waals surface area contributed by atoms with Crippen LogP contribution < -0.4 is 10.1 Å². The number of benzene rings is 1. The number of ether oxygens (including phenoxy) is 1. The lowest BCUT2D eigenvalue weighted by Crippen LogP contribution is -2.05. The lowest BCUT2D eigenvalue weighted by atomic mass is 10.2. The van der Waals surface area contributed by atoms with E-state index in [1.54, 1.807) is 6.08 Å². The highest BCUT2D eigenvalue weighted by atomic mass is 19.1. The molecule has 0 heterocycles. The summed E-state index contributed by atoms with van der Waals surface area (Å²) in [5, 5.41) is 2.95. The predicted octanol–water partition coefficient (Wildman–Crippen LogP) is 2.11. The van der Waals surface area contributed by atoms with Crippen LogP contribution >= 0.6 is 0 Å². The zero-order valence-corrected chi connectivity index (χ0v) is 8.22. The zero-order valence-electron chi connectivity index (χ0n) is 8.22. The van der Waals surface area contributed by atoms with Crippen LogP contribution in [0.1, 0.15) is 5.56 Å². The van der Waals surface area contributed by atoms with Crippen molar-refractivity contribution in [1.82, 2.24) is 5.32 Å². The van der Waals surface area contributed by atoms with Gasteiger partial charge in [-0.05, 0) is 24.7 Å². The van der Waals surface area contributed by atoms with E-state index in [0.29, 0.717) is 18.9 Å². The molecule has 1 aromatic carbocycles. The molecule has 0 radical (unpaired) electrons. The number of halogens is 1. The number of hydrogen-bond acceptors (Lipinski definition) is 2. The van der Waals surface area contributed by atoms with Crippen molar-refractivity contribution in [1.29, 1.82) is 0 Å². The largest absolute Gasteiger partial charge is 0.489 e. The van der Waals surface area contributed by atoms with Crippen molar-refractivity contribution in [2.75, 3.05) is 13.7 Å². The van der Waals surface area contributed by atoms with Crippen LogP contribution in [0.2, 0.25) is 0 Å². The lowest BCUT2D eigenvalue weighted by molar-refractivity contribution is 0.360. The quantitative estimate of drug-likeness (QED) is 0.726. The van der Waals surface area contributed by atoms with Crippen molar-refractivity contribution in [2.24, 2.45) is 0 Å². The van der Waals surface area contributed by atoms with Crippen LogP contribution in [0.15, 0.2) is 30.9 Å². The molecule has 0 aliphatic heterocycles. The minimum atomic E-state index is -0.281. The summed E-state index contributed by atoms with van der Waals surface area (Å²) in [6.07, 6.45) is 1.63. The fourth-order valence-electron chi connectivity index (χ4n) is 1.17. The smallest absolute Gasteiger partial charge is 0.127 e. The molecule has 0 saturated heterocycles. The second-order valence-electron chi connectivity index (χ2n) is 2.93. The van der Waals surface area contributed by atoms with Crippen LogP contribution in [-0.2, 0) is 6.54 Å². The average Bonchev–Trinajstić information content (AvgIpc) is 2.14. The first-order chi connectivity index (χ1) is 6.76. The lowest BCUT2D eigenvalue weighted by Gasteiger charge is -2.06. The topological polar surface area (TPSA) is 21.3 Å². The third-order valence-electron chi connectivity index (χ3n) is 1.68. The van der Waals surface area contributed by atoms with Gasteiger partial charge >= 0.3 is 0 Å². The normalized spacial score (nSPS) is 9.86. The first-order valence-corrected chi connectivity index (χ1v) is 4.44. The summed E-state index contributed by atoms with van der Waals surface area (Å²) in [7, 11) is 1.81. The summed E-state index contributed by atoms with van der Waals surface area (Å²) in [4.78, 5) is 0. The molecule has 0 aliphatic carbocycles. The van der Waals surface area contributed by atoms with Gasteiger partial charge in [-0.3, -0.25) is 0 Å². The third kappa shape index (κ3) is 3.18. The molecular formula is C11H14FNO. The molecule has 0 aliphatic rings. The van der Waals surface area contributed by atoms with Gasteiger partial charge in [0.05, 0.1) is 0 Å². The van der Waals surface area contributed by atoms with Crippen molar-refractivity contribution < 1.29 is 9.13 Å². The predicted molar refractivity (Wildman–Crippen MR) is 54.9 cm³/mol. The van der Waals surface area contributed by atoms with Gasteiger partial charge in [-0.25, -0.2) is 4.39 Å². The van der Waals surface area contributed by atoms with Gasteiger partial charge in [0.25, 0.3) is 0 Å². The van der Waals surface area contributed by atoms with E-state index in [1.165, 1.54) is 12.1 Å². The molecule has 76 valence electrons. The van der Waals surface area contributed by atoms with E-state index in [-0.39, 0.29) is 5.82 Å². The van der Waals surface area contributed by atoms with Crippen LogP contribution in [0.5, 0.6) is 5.75 Å². The highest BCUT2D eigenvalue weighted by Gasteiger charge is 2.00. The molecule has 2 nitrogen and oxygen atoms in total. The first kappa shape index (κ1) is 10.7. The molecule has 0 aromatic heterocycles. The Hall–Kier alpha value is -1.35. The molecule has 1 N–H and O–H groups in total. The van der Waals surface area contributed by atoms with E-state index in [2.05, 4.69) is 11.9 Å². The molecular weight excluding hydrogens is 181 g/mol. The molecule has 0 fully saturated rings. The van der Waals surface area contributed by atoms with Gasteiger partial charge in [0.15, 0.2) is 0 Å². The van der Waals surface area contributed by atoms with Crippen molar-refractivity contribution in [3.63, 3.8) is 0 Å². The van der Waals surface area contributed by atoms with Gasteiger partial charge in [-0.15, -0.1) is 0 Å². The summed E-state index contributed by atoms with van der Waals surface area (Å²) in [5.74, 6) is 0.256. The summed E-state index contributed by atoms with van der Waals surface area (Å²) >= 11 is 0. The maximum absolute atomic E-state index is 13.0. The molecule has 14 heavy (non-hydrogen) atoms. The third-order valence-corrected chi connectivity index (χ3v) is 1.68. The molecule has 1 rings (SSSR count). The van der Waals surface area contributed by atoms with Crippen molar-refractivity contribution in [2.45, 2.75) is 6.54 Å². The fraction of sp³-hybridized carbons (Fsp3) is 0.273. The molecule has 0 saturated carbocycles. The Morgan fingerprint density at radius 2 is 2.29 bits per heavy atom. The van der Waals surface area contributed by atoms with Crippen molar-refractivity contribution >= 4 is 0 Å². The Balaban J connectivity index is 2.77. The van der Waals surface area contributed by atoms with Crippen molar-refractivity contribution in [3.8, 4) is 5.75 Å². The van der Waals surface area contributed by atoms with Gasteiger partial charge in [0.2, 0.25) is 0 Å². The first-order valence-electron chi connectivity index (χ1n) is 4.44. The Morgan fingerprint density at radius 1 is 1.50 bits per heavy atom. The van der Waals surface area contributed by atoms with Crippen LogP contribution in [0.4, 0.5) is 4.39 Å². The molecule has 0 bridgehead atoms. The van der Waals surface area contributed by atoms with Gasteiger partial charge in [0.1, 0.15) is 18.2 Å². The SMILES string of the molecule is C=CCOc1cc(F)cc(CNC)c1. The van der Waals surface area contributed by atoms with Crippen LogP contribution in [0.3, 0.4) is 0 Å². The minimum absolute atomic E-state index is 0.281. The van der Waals surface area contributed by atoms with Crippen LogP contribution in [-0.4, -0.2) is 13.7 Å². The standard InChI is InChI=1S/C11H14FNO/c1-3-4-14-11-6-9(8-13-2)5-10(12)7-11/h3,5-7,13H,1,4,8H2,2H3. The Morgan fingerprint density at radius 3 is 2.93 bits per heavy atom. The van der Waals surface area contributed by atoms with E-state index in [0.717, 1.165) is 5.56 Å². The van der Waals surface area contributed by atoms with E-state index in [9.17, 15) is 4.39 Å². The van der Waals surface area contributed by atoms with E-state index < -0.39 is 0 Å². The molecule has 0 spiro atoms. The van der Waals surface area contributed by atoms with Gasteiger partial charge in [-0.2, -0.15) is 0 Å². The Labute approximate surface area is 83.4 Å². The Bertz CT molecular complexity index is 312. The summed E-state index contributed by atoms with van der Waals surface area (Å²) in [6.45, 7) is 4.54. The van der Waals surface area contributed by atoms with Crippen LogP contribution in [0, 0.1) is 5.82 Å². The highest BCUT2D eigenvalue weighted by molar-refractivity contribution is 5.29. The van der Waals surface area contributed by atoms with Crippen molar-refractivity contribution in [3.05, 3.63) is 42.2 Å². The summed E-state index contributed by atoms with van der Waals surface area (Å²) in [6, 6.07) is 4.66. The number of hydrogen-bond donors (Lipinski definition) is 1. The molecule has 3 heteroatoms. The zero-order chi connectivity index (χ0) is 10.4. The maximum Gasteiger partial charge on any atom is 0.127 e. The number of nitrogens with one attached hydrogen (secondary N) is 1. The minimum Gasteiger partial charge on any atom is -0.489 e. The molecule has 0 atom stereocenters. The summed E-state index contributed by atoms with van der Waals surface area (Å²) < 4.78 is 18.3. The second-order valence-corrected chi connectivity index (χ2v) is 2.93. The van der Waals surface area contributed by atoms with Gasteiger partial charge < -0.3 is 10.1 Å². The highest BCUT2D eigenvalue weighted by Crippen LogP contribution is 2.16. The second kappa shape index (κ2) is 5.40. The number of rotatable bonds is 5. The van der Waals surface area contributed by atoms with Gasteiger partial charge in [-0.1, -0.05) is 12.7 Å². The van der Waals surface area contributed by atoms with Gasteiger partial charge in [0, 0.05) is 12.6 Å². The average molecular weight is 195 g/mol. The fourth-order valence-corrected chi connectivity index (χ4v) is 1.17. The van der Waals surface area contributed by atoms with E-state index >= 15 is 0 Å². The molecule has 0 amide bonds. The Kier molecular flexibility index (Phi) is 4.13. The molecule has 0 unspecified atom stereocenters. The van der Waals surface area contributed by atoms with Crippen LogP contribution in [0.25, 0.3) is 0 Å². The molecule has 1 aromatic rings. The summed E-state index contributed by atoms with van der Waals surface area (Å²) in [5.41, 5.74) is 0.867. The van der Waals surface area contributed by atoms with E-state index in [1.807, 2.05) is 13.1 Å². The van der Waals surface area contributed by atoms with E-state index in [4.69, 9.17) is 4.74 Å².